The Morgan fingerprint density at radius 3 is 2.43 bits per heavy atom. The van der Waals surface area contributed by atoms with Crippen molar-refractivity contribution in [3.8, 4) is 0 Å². The summed E-state index contributed by atoms with van der Waals surface area (Å²) in [6, 6.07) is 20.4. The van der Waals surface area contributed by atoms with Crippen LogP contribution in [0.15, 0.2) is 83.1 Å². The maximum atomic E-state index is 13.2. The van der Waals surface area contributed by atoms with E-state index in [9.17, 15) is 9.59 Å². The molecule has 0 aliphatic carbocycles. The summed E-state index contributed by atoms with van der Waals surface area (Å²) in [5, 5.41) is 2.76. The molecule has 0 unspecified atom stereocenters. The highest BCUT2D eigenvalue weighted by Gasteiger charge is 2.25. The molecule has 2 amide bonds. The molecular weight excluding hydrogens is 352 g/mol. The minimum Gasteiger partial charge on any atom is -0.465 e. The zero-order valence-electron chi connectivity index (χ0n) is 15.3. The molecule has 4 rings (SSSR count). The van der Waals surface area contributed by atoms with Crippen LogP contribution in [0.4, 0.5) is 0 Å². The summed E-state index contributed by atoms with van der Waals surface area (Å²) in [5.41, 5.74) is 3.08. The fourth-order valence-electron chi connectivity index (χ4n) is 3.29. The average molecular weight is 372 g/mol. The van der Waals surface area contributed by atoms with Gasteiger partial charge in [-0.05, 0) is 41.8 Å². The standard InChI is InChI=1S/C23H20N2O3/c26-22(18-8-2-1-3-9-18)24-21(15-20-11-6-14-28-20)23(27)25-13-12-17-7-4-5-10-19(17)16-25/h1-11,14-15H,12-13,16H2,(H,24,26)/b21-15-. The summed E-state index contributed by atoms with van der Waals surface area (Å²) >= 11 is 0. The lowest BCUT2D eigenvalue weighted by Gasteiger charge is -2.29. The molecule has 28 heavy (non-hydrogen) atoms. The Balaban J connectivity index is 1.59. The number of rotatable bonds is 4. The van der Waals surface area contributed by atoms with Crippen LogP contribution in [0.1, 0.15) is 27.2 Å². The predicted molar refractivity (Wildman–Crippen MR) is 106 cm³/mol. The minimum absolute atomic E-state index is 0.197. The van der Waals surface area contributed by atoms with Crippen LogP contribution in [0.2, 0.25) is 0 Å². The lowest BCUT2D eigenvalue weighted by Crippen LogP contribution is -2.41. The van der Waals surface area contributed by atoms with Gasteiger partial charge in [0.2, 0.25) is 0 Å². The van der Waals surface area contributed by atoms with Gasteiger partial charge in [0.05, 0.1) is 6.26 Å². The van der Waals surface area contributed by atoms with E-state index >= 15 is 0 Å². The van der Waals surface area contributed by atoms with E-state index in [-0.39, 0.29) is 17.5 Å². The summed E-state index contributed by atoms with van der Waals surface area (Å²) < 4.78 is 5.35. The maximum absolute atomic E-state index is 13.2. The van der Waals surface area contributed by atoms with Gasteiger partial charge in [-0.3, -0.25) is 9.59 Å². The number of amides is 2. The molecule has 0 fully saturated rings. The quantitative estimate of drug-likeness (QED) is 0.712. The lowest BCUT2D eigenvalue weighted by atomic mass is 9.99. The number of benzene rings is 2. The summed E-state index contributed by atoms with van der Waals surface area (Å²) in [5.74, 6) is -0.0477. The molecule has 0 bridgehead atoms. The third kappa shape index (κ3) is 3.88. The molecule has 1 aliphatic heterocycles. The molecule has 0 saturated carbocycles. The van der Waals surface area contributed by atoms with E-state index in [1.54, 1.807) is 47.4 Å². The Bertz CT molecular complexity index is 1010. The molecule has 5 heteroatoms. The SMILES string of the molecule is O=C(N/C(=C\c1ccco1)C(=O)N1CCc2ccccc2C1)c1ccccc1. The van der Waals surface area contributed by atoms with Crippen LogP contribution in [0.3, 0.4) is 0 Å². The molecule has 0 radical (unpaired) electrons. The molecule has 0 saturated heterocycles. The van der Waals surface area contributed by atoms with Gasteiger partial charge in [0.1, 0.15) is 11.5 Å². The maximum Gasteiger partial charge on any atom is 0.270 e. The van der Waals surface area contributed by atoms with Crippen molar-refractivity contribution in [3.63, 3.8) is 0 Å². The summed E-state index contributed by atoms with van der Waals surface area (Å²) in [6.07, 6.45) is 3.90. The molecule has 2 heterocycles. The highest BCUT2D eigenvalue weighted by Crippen LogP contribution is 2.20. The monoisotopic (exact) mass is 372 g/mol. The van der Waals surface area contributed by atoms with E-state index < -0.39 is 0 Å². The fraction of sp³-hybridized carbons (Fsp3) is 0.130. The molecule has 0 atom stereocenters. The van der Waals surface area contributed by atoms with Gasteiger partial charge in [-0.15, -0.1) is 0 Å². The zero-order chi connectivity index (χ0) is 19.3. The Morgan fingerprint density at radius 2 is 1.68 bits per heavy atom. The van der Waals surface area contributed by atoms with Gasteiger partial charge in [-0.1, -0.05) is 42.5 Å². The molecule has 5 nitrogen and oxygen atoms in total. The first-order valence-corrected chi connectivity index (χ1v) is 9.18. The van der Waals surface area contributed by atoms with Crippen molar-refractivity contribution < 1.29 is 14.0 Å². The number of nitrogens with one attached hydrogen (secondary N) is 1. The van der Waals surface area contributed by atoms with Gasteiger partial charge in [0.15, 0.2) is 0 Å². The topological polar surface area (TPSA) is 62.6 Å². The van der Waals surface area contributed by atoms with E-state index in [2.05, 4.69) is 11.4 Å². The first-order chi connectivity index (χ1) is 13.7. The van der Waals surface area contributed by atoms with Crippen molar-refractivity contribution >= 4 is 17.9 Å². The molecule has 2 aromatic carbocycles. The average Bonchev–Trinajstić information content (AvgIpc) is 3.26. The Labute approximate surface area is 163 Å². The largest absolute Gasteiger partial charge is 0.465 e. The van der Waals surface area contributed by atoms with Crippen LogP contribution in [0, 0.1) is 0 Å². The fourth-order valence-corrected chi connectivity index (χ4v) is 3.29. The van der Waals surface area contributed by atoms with Crippen molar-refractivity contribution in [1.29, 1.82) is 0 Å². The lowest BCUT2D eigenvalue weighted by molar-refractivity contribution is -0.128. The van der Waals surface area contributed by atoms with Crippen molar-refractivity contribution in [1.82, 2.24) is 10.2 Å². The van der Waals surface area contributed by atoms with Gasteiger partial charge in [0.25, 0.3) is 11.8 Å². The van der Waals surface area contributed by atoms with Gasteiger partial charge in [-0.2, -0.15) is 0 Å². The highest BCUT2D eigenvalue weighted by atomic mass is 16.3. The van der Waals surface area contributed by atoms with E-state index in [1.165, 1.54) is 11.8 Å². The van der Waals surface area contributed by atoms with Crippen molar-refractivity contribution in [2.45, 2.75) is 13.0 Å². The Hall–Kier alpha value is -3.60. The van der Waals surface area contributed by atoms with E-state index in [0.29, 0.717) is 24.4 Å². The molecule has 1 aromatic heterocycles. The first kappa shape index (κ1) is 17.8. The van der Waals surface area contributed by atoms with Crippen LogP contribution in [0.25, 0.3) is 6.08 Å². The van der Waals surface area contributed by atoms with Crippen LogP contribution in [-0.4, -0.2) is 23.3 Å². The van der Waals surface area contributed by atoms with E-state index in [4.69, 9.17) is 4.42 Å². The number of carbonyl (C=O) groups excluding carboxylic acids is 2. The second-order valence-corrected chi connectivity index (χ2v) is 6.64. The minimum atomic E-state index is -0.329. The number of hydrogen-bond donors (Lipinski definition) is 1. The summed E-state index contributed by atoms with van der Waals surface area (Å²) in [6.45, 7) is 1.12. The van der Waals surface area contributed by atoms with Crippen LogP contribution in [0.5, 0.6) is 0 Å². The Kier molecular flexibility index (Phi) is 5.06. The van der Waals surface area contributed by atoms with Crippen LogP contribution < -0.4 is 5.32 Å². The number of nitrogens with zero attached hydrogens (tertiary/aromatic N) is 1. The Morgan fingerprint density at radius 1 is 0.929 bits per heavy atom. The van der Waals surface area contributed by atoms with Gasteiger partial charge < -0.3 is 14.6 Å². The van der Waals surface area contributed by atoms with E-state index in [0.717, 1.165) is 12.0 Å². The number of fused-ring (bicyclic) bond motifs is 1. The van der Waals surface area contributed by atoms with E-state index in [1.807, 2.05) is 24.3 Å². The van der Waals surface area contributed by atoms with Crippen molar-refractivity contribution in [3.05, 3.63) is 101 Å². The highest BCUT2D eigenvalue weighted by molar-refractivity contribution is 6.05. The van der Waals surface area contributed by atoms with Crippen molar-refractivity contribution in [2.75, 3.05) is 6.54 Å². The molecule has 1 aliphatic rings. The second kappa shape index (κ2) is 7.96. The molecular formula is C23H20N2O3. The van der Waals surface area contributed by atoms with Gasteiger partial charge >= 0.3 is 0 Å². The van der Waals surface area contributed by atoms with Crippen molar-refractivity contribution in [2.24, 2.45) is 0 Å². The number of carbonyl (C=O) groups is 2. The van der Waals surface area contributed by atoms with Crippen LogP contribution in [-0.2, 0) is 17.8 Å². The number of hydrogen-bond acceptors (Lipinski definition) is 3. The summed E-state index contributed by atoms with van der Waals surface area (Å²) in [4.78, 5) is 27.6. The van der Waals surface area contributed by atoms with Gasteiger partial charge in [-0.25, -0.2) is 0 Å². The zero-order valence-corrected chi connectivity index (χ0v) is 15.3. The third-order valence-electron chi connectivity index (χ3n) is 4.76. The predicted octanol–water partition coefficient (Wildman–Crippen LogP) is 3.64. The van der Waals surface area contributed by atoms with Crippen LogP contribution >= 0.6 is 0 Å². The molecule has 140 valence electrons. The summed E-state index contributed by atoms with van der Waals surface area (Å²) in [7, 11) is 0. The molecule has 3 aromatic rings. The normalized spacial score (nSPS) is 13.7. The molecule has 0 spiro atoms. The third-order valence-corrected chi connectivity index (χ3v) is 4.76. The number of furan rings is 1. The molecule has 1 N–H and O–H groups in total. The van der Waals surface area contributed by atoms with Gasteiger partial charge in [0, 0.05) is 24.7 Å². The smallest absolute Gasteiger partial charge is 0.270 e. The first-order valence-electron chi connectivity index (χ1n) is 9.18. The second-order valence-electron chi connectivity index (χ2n) is 6.64.